The molecule has 1 N–H and O–H groups in total. The van der Waals surface area contributed by atoms with E-state index in [2.05, 4.69) is 60.1 Å². The zero-order chi connectivity index (χ0) is 14.2. The first-order valence-electron chi connectivity index (χ1n) is 7.85. The number of thioether (sulfide) groups is 1. The third-order valence-corrected chi connectivity index (χ3v) is 4.76. The van der Waals surface area contributed by atoms with E-state index in [1.165, 1.54) is 42.1 Å². The number of nitrogens with one attached hydrogen (secondary N) is 1. The van der Waals surface area contributed by atoms with Crippen molar-refractivity contribution in [2.24, 2.45) is 0 Å². The molecule has 1 aromatic carbocycles. The first kappa shape index (κ1) is 15.9. The number of hydrogen-bond acceptors (Lipinski definition) is 3. The third-order valence-electron chi connectivity index (χ3n) is 3.71. The number of rotatable bonds is 6. The maximum absolute atomic E-state index is 3.47. The molecule has 1 aromatic rings. The highest BCUT2D eigenvalue weighted by atomic mass is 32.2. The van der Waals surface area contributed by atoms with Crippen molar-refractivity contribution in [2.75, 3.05) is 31.1 Å². The SMILES string of the molecule is CC(C)NCCc1ccc(CN2CCCSCC2)cc1. The lowest BCUT2D eigenvalue weighted by molar-refractivity contribution is 0.287. The summed E-state index contributed by atoms with van der Waals surface area (Å²) in [4.78, 5) is 2.59. The van der Waals surface area contributed by atoms with Crippen LogP contribution in [0.3, 0.4) is 0 Å². The van der Waals surface area contributed by atoms with E-state index in [1.54, 1.807) is 0 Å². The summed E-state index contributed by atoms with van der Waals surface area (Å²) in [5, 5.41) is 3.47. The molecule has 0 spiro atoms. The summed E-state index contributed by atoms with van der Waals surface area (Å²) in [5.74, 6) is 2.62. The standard InChI is InChI=1S/C17H28N2S/c1-15(2)18-9-8-16-4-6-17(7-5-16)14-19-10-3-12-20-13-11-19/h4-7,15,18H,3,8-14H2,1-2H3. The summed E-state index contributed by atoms with van der Waals surface area (Å²) >= 11 is 2.10. The molecule has 0 aliphatic carbocycles. The van der Waals surface area contributed by atoms with Crippen molar-refractivity contribution in [1.29, 1.82) is 0 Å². The second-order valence-corrected chi connectivity index (χ2v) is 7.14. The van der Waals surface area contributed by atoms with Gasteiger partial charge in [0.15, 0.2) is 0 Å². The van der Waals surface area contributed by atoms with Gasteiger partial charge in [-0.15, -0.1) is 0 Å². The summed E-state index contributed by atoms with van der Waals surface area (Å²) in [6, 6.07) is 9.79. The molecule has 0 aromatic heterocycles. The van der Waals surface area contributed by atoms with Crippen LogP contribution in [0.15, 0.2) is 24.3 Å². The Morgan fingerprint density at radius 1 is 1.10 bits per heavy atom. The monoisotopic (exact) mass is 292 g/mol. The molecule has 1 heterocycles. The molecular weight excluding hydrogens is 264 g/mol. The Kier molecular flexibility index (Phi) is 6.91. The average Bonchev–Trinajstić information content (AvgIpc) is 2.69. The number of hydrogen-bond donors (Lipinski definition) is 1. The van der Waals surface area contributed by atoms with Crippen LogP contribution in [-0.2, 0) is 13.0 Å². The average molecular weight is 292 g/mol. The second kappa shape index (κ2) is 8.71. The minimum atomic E-state index is 0.579. The van der Waals surface area contributed by atoms with E-state index in [4.69, 9.17) is 0 Å². The van der Waals surface area contributed by atoms with Crippen LogP contribution in [0.5, 0.6) is 0 Å². The fourth-order valence-electron chi connectivity index (χ4n) is 2.53. The van der Waals surface area contributed by atoms with Crippen LogP contribution in [0, 0.1) is 0 Å². The van der Waals surface area contributed by atoms with E-state index in [9.17, 15) is 0 Å². The molecule has 1 saturated heterocycles. The minimum absolute atomic E-state index is 0.579. The molecule has 0 saturated carbocycles. The highest BCUT2D eigenvalue weighted by molar-refractivity contribution is 7.99. The summed E-state index contributed by atoms with van der Waals surface area (Å²) in [6.45, 7) is 9.08. The quantitative estimate of drug-likeness (QED) is 0.867. The molecule has 0 bridgehead atoms. The first-order valence-corrected chi connectivity index (χ1v) is 9.01. The molecule has 112 valence electrons. The van der Waals surface area contributed by atoms with E-state index < -0.39 is 0 Å². The molecule has 3 heteroatoms. The van der Waals surface area contributed by atoms with Gasteiger partial charge in [0.2, 0.25) is 0 Å². The largest absolute Gasteiger partial charge is 0.314 e. The van der Waals surface area contributed by atoms with Gasteiger partial charge < -0.3 is 5.32 Å². The minimum Gasteiger partial charge on any atom is -0.314 e. The Balaban J connectivity index is 1.78. The second-order valence-electron chi connectivity index (χ2n) is 5.92. The maximum Gasteiger partial charge on any atom is 0.0234 e. The summed E-state index contributed by atoms with van der Waals surface area (Å²) in [7, 11) is 0. The van der Waals surface area contributed by atoms with Gasteiger partial charge in [-0.2, -0.15) is 11.8 Å². The number of nitrogens with zero attached hydrogens (tertiary/aromatic N) is 1. The van der Waals surface area contributed by atoms with Gasteiger partial charge in [-0.3, -0.25) is 4.90 Å². The van der Waals surface area contributed by atoms with E-state index in [0.717, 1.165) is 19.5 Å². The number of benzene rings is 1. The van der Waals surface area contributed by atoms with E-state index in [1.807, 2.05) is 0 Å². The first-order chi connectivity index (χ1) is 9.74. The lowest BCUT2D eigenvalue weighted by Crippen LogP contribution is -2.25. The predicted octanol–water partition coefficient (Wildman–Crippen LogP) is 3.17. The van der Waals surface area contributed by atoms with Crippen molar-refractivity contribution < 1.29 is 0 Å². The molecule has 20 heavy (non-hydrogen) atoms. The third kappa shape index (κ3) is 5.86. The van der Waals surface area contributed by atoms with E-state index >= 15 is 0 Å². The normalized spacial score (nSPS) is 17.4. The molecule has 0 unspecified atom stereocenters. The molecule has 2 rings (SSSR count). The molecule has 1 aliphatic heterocycles. The Bertz CT molecular complexity index is 367. The molecule has 0 radical (unpaired) electrons. The summed E-state index contributed by atoms with van der Waals surface area (Å²) in [5.41, 5.74) is 2.89. The predicted molar refractivity (Wildman–Crippen MR) is 90.5 cm³/mol. The summed E-state index contributed by atoms with van der Waals surface area (Å²) < 4.78 is 0. The van der Waals surface area contributed by atoms with E-state index in [-0.39, 0.29) is 0 Å². The Morgan fingerprint density at radius 2 is 1.85 bits per heavy atom. The zero-order valence-electron chi connectivity index (χ0n) is 12.9. The van der Waals surface area contributed by atoms with Gasteiger partial charge in [0.05, 0.1) is 0 Å². The van der Waals surface area contributed by atoms with Crippen LogP contribution in [0.2, 0.25) is 0 Å². The summed E-state index contributed by atoms with van der Waals surface area (Å²) in [6.07, 6.45) is 2.46. The van der Waals surface area contributed by atoms with Crippen molar-refractivity contribution in [2.45, 2.75) is 39.3 Å². The van der Waals surface area contributed by atoms with Crippen molar-refractivity contribution >= 4 is 11.8 Å². The maximum atomic E-state index is 3.47. The fraction of sp³-hybridized carbons (Fsp3) is 0.647. The van der Waals surface area contributed by atoms with Gasteiger partial charge in [-0.25, -0.2) is 0 Å². The van der Waals surface area contributed by atoms with Gasteiger partial charge in [-0.1, -0.05) is 38.1 Å². The Hall–Kier alpha value is -0.510. The lowest BCUT2D eigenvalue weighted by Gasteiger charge is -2.19. The van der Waals surface area contributed by atoms with Crippen LogP contribution >= 0.6 is 11.8 Å². The Morgan fingerprint density at radius 3 is 2.60 bits per heavy atom. The highest BCUT2D eigenvalue weighted by Gasteiger charge is 2.09. The topological polar surface area (TPSA) is 15.3 Å². The van der Waals surface area contributed by atoms with Crippen LogP contribution in [0.1, 0.15) is 31.4 Å². The Labute approximate surface area is 128 Å². The van der Waals surface area contributed by atoms with Crippen molar-refractivity contribution in [1.82, 2.24) is 10.2 Å². The van der Waals surface area contributed by atoms with Crippen LogP contribution < -0.4 is 5.32 Å². The molecule has 1 aliphatic rings. The van der Waals surface area contributed by atoms with Crippen LogP contribution in [0.25, 0.3) is 0 Å². The molecule has 0 amide bonds. The fourth-order valence-corrected chi connectivity index (χ4v) is 3.46. The van der Waals surface area contributed by atoms with E-state index in [0.29, 0.717) is 6.04 Å². The van der Waals surface area contributed by atoms with Gasteiger partial charge >= 0.3 is 0 Å². The molecule has 2 nitrogen and oxygen atoms in total. The van der Waals surface area contributed by atoms with Gasteiger partial charge in [0.25, 0.3) is 0 Å². The molecular formula is C17H28N2S. The smallest absolute Gasteiger partial charge is 0.0234 e. The van der Waals surface area contributed by atoms with Gasteiger partial charge in [0.1, 0.15) is 0 Å². The zero-order valence-corrected chi connectivity index (χ0v) is 13.7. The van der Waals surface area contributed by atoms with Gasteiger partial charge in [0, 0.05) is 24.9 Å². The lowest BCUT2D eigenvalue weighted by atomic mass is 10.1. The highest BCUT2D eigenvalue weighted by Crippen LogP contribution is 2.14. The van der Waals surface area contributed by atoms with Crippen LogP contribution in [0.4, 0.5) is 0 Å². The van der Waals surface area contributed by atoms with Gasteiger partial charge in [-0.05, 0) is 42.8 Å². The molecule has 0 atom stereocenters. The molecule has 1 fully saturated rings. The van der Waals surface area contributed by atoms with Crippen molar-refractivity contribution in [3.63, 3.8) is 0 Å². The van der Waals surface area contributed by atoms with Crippen LogP contribution in [-0.4, -0.2) is 42.1 Å². The van der Waals surface area contributed by atoms with Crippen molar-refractivity contribution in [3.05, 3.63) is 35.4 Å². The van der Waals surface area contributed by atoms with Crippen molar-refractivity contribution in [3.8, 4) is 0 Å².